The molecule has 0 saturated carbocycles. The van der Waals surface area contributed by atoms with Crippen molar-refractivity contribution < 1.29 is 48.8 Å². The molecule has 0 fully saturated rings. The summed E-state index contributed by atoms with van der Waals surface area (Å²) in [5.74, 6) is -10.8. The number of carboxylic acids is 1. The third-order valence-corrected chi connectivity index (χ3v) is 4.60. The molecule has 0 spiro atoms. The molecule has 10 heteroatoms. The van der Waals surface area contributed by atoms with Gasteiger partial charge >= 0.3 is 17.9 Å². The summed E-state index contributed by atoms with van der Waals surface area (Å²) in [5, 5.41) is 30.9. The van der Waals surface area contributed by atoms with Gasteiger partial charge in [0.05, 0.1) is 11.1 Å². The number of rotatable bonds is 3. The molecule has 10 nitrogen and oxygen atoms in total. The van der Waals surface area contributed by atoms with Gasteiger partial charge in [-0.1, -0.05) is 12.2 Å². The molecule has 0 amide bonds. The Morgan fingerprint density at radius 2 is 1.62 bits per heavy atom. The first-order chi connectivity index (χ1) is 13.4. The number of aliphatic carboxylic acids is 1. The van der Waals surface area contributed by atoms with Gasteiger partial charge in [0.15, 0.2) is 11.6 Å². The van der Waals surface area contributed by atoms with Crippen LogP contribution in [0.15, 0.2) is 46.1 Å². The first-order valence-corrected chi connectivity index (χ1v) is 8.43. The molecule has 3 aliphatic rings. The normalized spacial score (nSPS) is 28.5. The second-order valence-corrected chi connectivity index (χ2v) is 6.73. The minimum Gasteiger partial charge on any atom is -0.478 e. The van der Waals surface area contributed by atoms with E-state index in [0.29, 0.717) is 6.08 Å². The second kappa shape index (κ2) is 6.61. The summed E-state index contributed by atoms with van der Waals surface area (Å²) in [5.41, 5.74) is -2.47. The lowest BCUT2D eigenvalue weighted by atomic mass is 9.71. The van der Waals surface area contributed by atoms with Crippen LogP contribution in [0.3, 0.4) is 0 Å². The summed E-state index contributed by atoms with van der Waals surface area (Å²) in [4.78, 5) is 60.6. The Balaban J connectivity index is 2.22. The minimum atomic E-state index is -2.85. The molecular weight excluding hydrogens is 388 g/mol. The molecule has 2 atom stereocenters. The van der Waals surface area contributed by atoms with Crippen molar-refractivity contribution in [2.24, 2.45) is 0 Å². The smallest absolute Gasteiger partial charge is 0.331 e. The number of ether oxygens (including phenoxy) is 2. The van der Waals surface area contributed by atoms with Crippen molar-refractivity contribution >= 4 is 29.5 Å². The third kappa shape index (κ3) is 3.22. The number of carboxylic acid groups (broad SMARTS) is 1. The SMILES string of the molecule is CC(=O)OC1(O)C=C(C(=O)O)CC2=C1C(=O)C1=C(C=CCC1(O)OC(C)=O)C2=O. The molecule has 0 saturated heterocycles. The molecule has 29 heavy (non-hydrogen) atoms. The zero-order chi connectivity index (χ0) is 21.7. The average molecular weight is 404 g/mol. The topological polar surface area (TPSA) is 164 Å². The molecule has 0 aliphatic heterocycles. The van der Waals surface area contributed by atoms with E-state index in [1.54, 1.807) is 0 Å². The van der Waals surface area contributed by atoms with Crippen molar-refractivity contribution in [3.05, 3.63) is 46.1 Å². The van der Waals surface area contributed by atoms with Crippen molar-refractivity contribution in [3.63, 3.8) is 0 Å². The quantitative estimate of drug-likeness (QED) is 0.320. The van der Waals surface area contributed by atoms with E-state index in [1.807, 2.05) is 0 Å². The van der Waals surface area contributed by atoms with Crippen LogP contribution in [-0.2, 0) is 33.4 Å². The number of ketones is 2. The molecule has 3 rings (SSSR count). The molecule has 0 aromatic carbocycles. The highest BCUT2D eigenvalue weighted by Crippen LogP contribution is 2.45. The maximum Gasteiger partial charge on any atom is 0.331 e. The predicted octanol–water partition coefficient (Wildman–Crippen LogP) is -0.391. The summed E-state index contributed by atoms with van der Waals surface area (Å²) < 4.78 is 9.66. The highest BCUT2D eigenvalue weighted by atomic mass is 16.7. The van der Waals surface area contributed by atoms with E-state index >= 15 is 0 Å². The first-order valence-electron chi connectivity index (χ1n) is 8.43. The van der Waals surface area contributed by atoms with Crippen LogP contribution in [0.25, 0.3) is 0 Å². The summed E-state index contributed by atoms with van der Waals surface area (Å²) in [7, 11) is 0. The fraction of sp³-hybridized carbons (Fsp3) is 0.316. The number of Topliss-reactive ketones (excluding diaryl/α,β-unsaturated/α-hetero) is 2. The van der Waals surface area contributed by atoms with E-state index in [0.717, 1.165) is 13.8 Å². The van der Waals surface area contributed by atoms with Gasteiger partial charge in [-0.05, 0) is 0 Å². The number of aliphatic hydroxyl groups is 2. The lowest BCUT2D eigenvalue weighted by molar-refractivity contribution is -0.192. The Morgan fingerprint density at radius 1 is 1.00 bits per heavy atom. The van der Waals surface area contributed by atoms with E-state index in [4.69, 9.17) is 9.47 Å². The van der Waals surface area contributed by atoms with Gasteiger partial charge < -0.3 is 24.8 Å². The monoisotopic (exact) mass is 404 g/mol. The highest BCUT2D eigenvalue weighted by Gasteiger charge is 2.54. The van der Waals surface area contributed by atoms with Crippen LogP contribution in [0.5, 0.6) is 0 Å². The van der Waals surface area contributed by atoms with E-state index < -0.39 is 69.8 Å². The Labute approximate surface area is 163 Å². The average Bonchev–Trinajstić information content (AvgIpc) is 2.56. The molecule has 2 unspecified atom stereocenters. The van der Waals surface area contributed by atoms with Crippen molar-refractivity contribution in [1.82, 2.24) is 0 Å². The maximum atomic E-state index is 13.2. The number of allylic oxidation sites excluding steroid dienone is 3. The Hall–Kier alpha value is -3.37. The Kier molecular flexibility index (Phi) is 4.64. The van der Waals surface area contributed by atoms with Crippen LogP contribution in [0.1, 0.15) is 26.7 Å². The lowest BCUT2D eigenvalue weighted by Gasteiger charge is -2.39. The fourth-order valence-corrected chi connectivity index (χ4v) is 3.62. The Morgan fingerprint density at radius 3 is 2.17 bits per heavy atom. The standard InChI is InChI=1S/C19H16O10/c1-8(20)28-18(26)5-3-4-11-13(18)16(23)14-12(15(11)22)6-10(17(24)25)7-19(14,27)29-9(2)21/h3-4,7,26-27H,5-6H2,1-2H3,(H,24,25). The van der Waals surface area contributed by atoms with Crippen LogP contribution in [0.2, 0.25) is 0 Å². The van der Waals surface area contributed by atoms with E-state index in [2.05, 4.69) is 0 Å². The first kappa shape index (κ1) is 20.4. The highest BCUT2D eigenvalue weighted by molar-refractivity contribution is 6.28. The molecular formula is C19H16O10. The summed E-state index contributed by atoms with van der Waals surface area (Å²) in [6, 6.07) is 0. The molecule has 0 aromatic heterocycles. The summed E-state index contributed by atoms with van der Waals surface area (Å²) >= 11 is 0. The van der Waals surface area contributed by atoms with Gasteiger partial charge in [0, 0.05) is 49.5 Å². The predicted molar refractivity (Wildman–Crippen MR) is 91.6 cm³/mol. The lowest BCUT2D eigenvalue weighted by Crippen LogP contribution is -2.50. The summed E-state index contributed by atoms with van der Waals surface area (Å²) in [6.07, 6.45) is 2.34. The number of esters is 2. The number of hydrogen-bond acceptors (Lipinski definition) is 9. The van der Waals surface area contributed by atoms with E-state index in [9.17, 15) is 39.3 Å². The van der Waals surface area contributed by atoms with Crippen molar-refractivity contribution in [2.45, 2.75) is 38.3 Å². The van der Waals surface area contributed by atoms with Gasteiger partial charge in [0.25, 0.3) is 5.79 Å². The molecule has 0 bridgehead atoms. The van der Waals surface area contributed by atoms with Crippen LogP contribution >= 0.6 is 0 Å². The van der Waals surface area contributed by atoms with Gasteiger partial charge in [0.1, 0.15) is 0 Å². The van der Waals surface area contributed by atoms with Gasteiger partial charge in [-0.15, -0.1) is 0 Å². The van der Waals surface area contributed by atoms with Gasteiger partial charge in [-0.2, -0.15) is 0 Å². The second-order valence-electron chi connectivity index (χ2n) is 6.73. The van der Waals surface area contributed by atoms with Crippen molar-refractivity contribution in [3.8, 4) is 0 Å². The van der Waals surface area contributed by atoms with E-state index in [1.165, 1.54) is 12.2 Å². The Bertz CT molecular complexity index is 1010. The third-order valence-electron chi connectivity index (χ3n) is 4.60. The fourth-order valence-electron chi connectivity index (χ4n) is 3.62. The molecule has 0 radical (unpaired) electrons. The number of carbonyl (C=O) groups is 5. The number of carbonyl (C=O) groups excluding carboxylic acids is 4. The molecule has 0 aromatic rings. The van der Waals surface area contributed by atoms with Gasteiger partial charge in [0.2, 0.25) is 5.79 Å². The number of hydrogen-bond donors (Lipinski definition) is 3. The molecule has 3 N–H and O–H groups in total. The zero-order valence-electron chi connectivity index (χ0n) is 15.3. The molecule has 3 aliphatic carbocycles. The summed E-state index contributed by atoms with van der Waals surface area (Å²) in [6.45, 7) is 1.91. The van der Waals surface area contributed by atoms with E-state index in [-0.39, 0.29) is 12.0 Å². The maximum absolute atomic E-state index is 13.2. The van der Waals surface area contributed by atoms with Crippen molar-refractivity contribution in [2.75, 3.05) is 0 Å². The minimum absolute atomic E-state index is 0.305. The molecule has 0 heterocycles. The molecule has 152 valence electrons. The van der Waals surface area contributed by atoms with Crippen LogP contribution in [0, 0.1) is 0 Å². The van der Waals surface area contributed by atoms with Crippen molar-refractivity contribution in [1.29, 1.82) is 0 Å². The van der Waals surface area contributed by atoms with Crippen LogP contribution in [-0.4, -0.2) is 56.4 Å². The largest absolute Gasteiger partial charge is 0.478 e. The van der Waals surface area contributed by atoms with Crippen LogP contribution in [0.4, 0.5) is 0 Å². The van der Waals surface area contributed by atoms with Gasteiger partial charge in [-0.3, -0.25) is 19.2 Å². The van der Waals surface area contributed by atoms with Gasteiger partial charge in [-0.25, -0.2) is 4.79 Å². The van der Waals surface area contributed by atoms with Crippen LogP contribution < -0.4 is 0 Å². The zero-order valence-corrected chi connectivity index (χ0v) is 15.3.